The van der Waals surface area contributed by atoms with Crippen LogP contribution in [0.3, 0.4) is 0 Å². The van der Waals surface area contributed by atoms with Crippen LogP contribution >= 0.6 is 0 Å². The highest BCUT2D eigenvalue weighted by Gasteiger charge is 2.13. The van der Waals surface area contributed by atoms with Crippen molar-refractivity contribution in [3.8, 4) is 11.4 Å². The van der Waals surface area contributed by atoms with E-state index in [9.17, 15) is 9.90 Å². The molecule has 0 aliphatic rings. The number of hydrogen-bond acceptors (Lipinski definition) is 6. The summed E-state index contributed by atoms with van der Waals surface area (Å²) >= 11 is 0. The quantitative estimate of drug-likeness (QED) is 0.626. The van der Waals surface area contributed by atoms with Crippen molar-refractivity contribution in [1.29, 1.82) is 0 Å². The molecule has 0 aliphatic heterocycles. The Hall–Kier alpha value is -2.97. The van der Waals surface area contributed by atoms with Gasteiger partial charge in [0, 0.05) is 17.1 Å². The van der Waals surface area contributed by atoms with E-state index in [-0.39, 0.29) is 12.7 Å². The smallest absolute Gasteiger partial charge is 0.341 e. The number of aliphatic hydroxyl groups is 1. The topological polar surface area (TPSA) is 107 Å². The number of nitrogens with zero attached hydrogens (tertiary/aromatic N) is 3. The first-order valence-corrected chi connectivity index (χ1v) is 8.52. The van der Waals surface area contributed by atoms with Crippen LogP contribution in [0.25, 0.3) is 16.7 Å². The Bertz CT molecular complexity index is 921. The summed E-state index contributed by atoms with van der Waals surface area (Å²) in [5.41, 5.74) is 2.08. The number of carbonyl (C=O) groups is 1. The first kappa shape index (κ1) is 18.8. The van der Waals surface area contributed by atoms with Gasteiger partial charge in [0.05, 0.1) is 24.6 Å². The summed E-state index contributed by atoms with van der Waals surface area (Å²) in [7, 11) is 0. The first-order valence-electron chi connectivity index (χ1n) is 8.52. The van der Waals surface area contributed by atoms with E-state index in [0.29, 0.717) is 17.0 Å². The number of pyridine rings is 1. The number of rotatable bonds is 8. The molecule has 3 aromatic rings. The Labute approximate surface area is 156 Å². The lowest BCUT2D eigenvalue weighted by Crippen LogP contribution is -2.12. The van der Waals surface area contributed by atoms with E-state index in [1.54, 1.807) is 41.3 Å². The second-order valence-corrected chi connectivity index (χ2v) is 6.31. The van der Waals surface area contributed by atoms with Crippen LogP contribution in [0.2, 0.25) is 0 Å². The van der Waals surface area contributed by atoms with Gasteiger partial charge in [-0.05, 0) is 44.2 Å². The van der Waals surface area contributed by atoms with Gasteiger partial charge in [0.2, 0.25) is 0 Å². The number of carboxylic acids is 1. The molecular formula is C19H21N3O5. The fourth-order valence-corrected chi connectivity index (χ4v) is 2.52. The number of aliphatic carboxylic acids is 1. The molecule has 0 saturated carbocycles. The summed E-state index contributed by atoms with van der Waals surface area (Å²) in [5, 5.41) is 24.0. The third-order valence-electron chi connectivity index (χ3n) is 3.84. The van der Waals surface area contributed by atoms with Crippen LogP contribution in [-0.4, -0.2) is 50.3 Å². The molecule has 2 N–H and O–H groups in total. The minimum Gasteiger partial charge on any atom is -0.482 e. The van der Waals surface area contributed by atoms with Crippen molar-refractivity contribution in [2.24, 2.45) is 0 Å². The Morgan fingerprint density at radius 1 is 1.22 bits per heavy atom. The molecule has 0 spiro atoms. The second-order valence-electron chi connectivity index (χ2n) is 6.31. The summed E-state index contributed by atoms with van der Waals surface area (Å²) in [4.78, 5) is 15.0. The first-order chi connectivity index (χ1) is 12.9. The highest BCUT2D eigenvalue weighted by atomic mass is 16.5. The van der Waals surface area contributed by atoms with Crippen molar-refractivity contribution in [3.63, 3.8) is 0 Å². The van der Waals surface area contributed by atoms with Crippen molar-refractivity contribution < 1.29 is 24.5 Å². The van der Waals surface area contributed by atoms with Crippen LogP contribution in [0.5, 0.6) is 5.75 Å². The SMILES string of the molecule is CC(C)OC[C@@H](O)c1cnc2c(cnn2-c2ccc(OCC(=O)O)cc2)c1. The summed E-state index contributed by atoms with van der Waals surface area (Å²) in [6.45, 7) is 3.64. The van der Waals surface area contributed by atoms with Gasteiger partial charge in [-0.25, -0.2) is 14.5 Å². The summed E-state index contributed by atoms with van der Waals surface area (Å²) < 4.78 is 12.2. The molecule has 27 heavy (non-hydrogen) atoms. The number of ether oxygens (including phenoxy) is 2. The summed E-state index contributed by atoms with van der Waals surface area (Å²) in [6, 6.07) is 8.72. The molecule has 8 nitrogen and oxygen atoms in total. The predicted molar refractivity (Wildman–Crippen MR) is 98.0 cm³/mol. The molecule has 1 atom stereocenters. The predicted octanol–water partition coefficient (Wildman–Crippen LogP) is 2.34. The normalized spacial score (nSPS) is 12.4. The highest BCUT2D eigenvalue weighted by Crippen LogP contribution is 2.22. The Morgan fingerprint density at radius 3 is 2.63 bits per heavy atom. The van der Waals surface area contributed by atoms with Gasteiger partial charge in [-0.2, -0.15) is 5.10 Å². The molecule has 1 aromatic carbocycles. The zero-order chi connectivity index (χ0) is 19.4. The van der Waals surface area contributed by atoms with Gasteiger partial charge in [-0.1, -0.05) is 0 Å². The molecule has 0 amide bonds. The van der Waals surface area contributed by atoms with Gasteiger partial charge < -0.3 is 19.7 Å². The molecule has 8 heteroatoms. The van der Waals surface area contributed by atoms with Gasteiger partial charge in [0.15, 0.2) is 12.3 Å². The van der Waals surface area contributed by atoms with Crippen molar-refractivity contribution in [1.82, 2.24) is 14.8 Å². The molecule has 3 rings (SSSR count). The van der Waals surface area contributed by atoms with Gasteiger partial charge in [-0.3, -0.25) is 0 Å². The monoisotopic (exact) mass is 371 g/mol. The van der Waals surface area contributed by atoms with E-state index in [1.165, 1.54) is 0 Å². The van der Waals surface area contributed by atoms with Gasteiger partial charge in [0.25, 0.3) is 0 Å². The fraction of sp³-hybridized carbons (Fsp3) is 0.316. The van der Waals surface area contributed by atoms with E-state index >= 15 is 0 Å². The van der Waals surface area contributed by atoms with Crippen LogP contribution in [0.15, 0.2) is 42.7 Å². The van der Waals surface area contributed by atoms with E-state index in [0.717, 1.165) is 11.1 Å². The molecule has 0 fully saturated rings. The van der Waals surface area contributed by atoms with Crippen LogP contribution in [0, 0.1) is 0 Å². The Morgan fingerprint density at radius 2 is 1.96 bits per heavy atom. The molecule has 0 radical (unpaired) electrons. The maximum Gasteiger partial charge on any atom is 0.341 e. The Balaban J connectivity index is 1.79. The molecular weight excluding hydrogens is 350 g/mol. The average Bonchev–Trinajstić information content (AvgIpc) is 3.08. The number of benzene rings is 1. The molecule has 0 saturated heterocycles. The molecule has 2 heterocycles. The lowest BCUT2D eigenvalue weighted by atomic mass is 10.1. The maximum absolute atomic E-state index is 10.5. The second kappa shape index (κ2) is 8.15. The number of carboxylic acid groups (broad SMARTS) is 1. The standard InChI is InChI=1S/C19H21N3O5/c1-12(2)26-10-17(23)13-7-14-9-21-22(19(14)20-8-13)15-3-5-16(6-4-15)27-11-18(24)25/h3-9,12,17,23H,10-11H2,1-2H3,(H,24,25)/t17-/m1/s1. The molecule has 0 unspecified atom stereocenters. The number of fused-ring (bicyclic) bond motifs is 1. The maximum atomic E-state index is 10.5. The van der Waals surface area contributed by atoms with Crippen LogP contribution in [-0.2, 0) is 9.53 Å². The van der Waals surface area contributed by atoms with Gasteiger partial charge in [0.1, 0.15) is 11.9 Å². The molecule has 0 bridgehead atoms. The third kappa shape index (κ3) is 4.60. The largest absolute Gasteiger partial charge is 0.482 e. The van der Waals surface area contributed by atoms with E-state index in [1.807, 2.05) is 19.9 Å². The zero-order valence-electron chi connectivity index (χ0n) is 15.1. The van der Waals surface area contributed by atoms with Crippen LogP contribution in [0.1, 0.15) is 25.5 Å². The number of aliphatic hydroxyl groups excluding tert-OH is 1. The fourth-order valence-electron chi connectivity index (χ4n) is 2.52. The summed E-state index contributed by atoms with van der Waals surface area (Å²) in [6.07, 6.45) is 2.58. The van der Waals surface area contributed by atoms with Crippen molar-refractivity contribution >= 4 is 17.0 Å². The van der Waals surface area contributed by atoms with E-state index in [2.05, 4.69) is 10.1 Å². The molecule has 0 aliphatic carbocycles. The number of hydrogen-bond donors (Lipinski definition) is 2. The minimum atomic E-state index is -1.03. The lowest BCUT2D eigenvalue weighted by molar-refractivity contribution is -0.139. The average molecular weight is 371 g/mol. The highest BCUT2D eigenvalue weighted by molar-refractivity contribution is 5.77. The number of aromatic nitrogens is 3. The molecule has 142 valence electrons. The van der Waals surface area contributed by atoms with Crippen LogP contribution < -0.4 is 4.74 Å². The van der Waals surface area contributed by atoms with Gasteiger partial charge >= 0.3 is 5.97 Å². The van der Waals surface area contributed by atoms with Crippen molar-refractivity contribution in [2.75, 3.05) is 13.2 Å². The van der Waals surface area contributed by atoms with E-state index < -0.39 is 18.7 Å². The summed E-state index contributed by atoms with van der Waals surface area (Å²) in [5.74, 6) is -0.570. The molecule has 2 aromatic heterocycles. The van der Waals surface area contributed by atoms with E-state index in [4.69, 9.17) is 14.6 Å². The Kier molecular flexibility index (Phi) is 5.68. The van der Waals surface area contributed by atoms with Crippen LogP contribution in [0.4, 0.5) is 0 Å². The lowest BCUT2D eigenvalue weighted by Gasteiger charge is -2.13. The minimum absolute atomic E-state index is 0.0431. The van der Waals surface area contributed by atoms with Crippen molar-refractivity contribution in [3.05, 3.63) is 48.3 Å². The van der Waals surface area contributed by atoms with Crippen molar-refractivity contribution in [2.45, 2.75) is 26.1 Å². The van der Waals surface area contributed by atoms with Gasteiger partial charge in [-0.15, -0.1) is 0 Å². The third-order valence-corrected chi connectivity index (χ3v) is 3.84. The zero-order valence-corrected chi connectivity index (χ0v) is 15.1.